The summed E-state index contributed by atoms with van der Waals surface area (Å²) in [6.45, 7) is 5.36. The number of nitrogens with zero attached hydrogens (tertiary/aromatic N) is 3. The van der Waals surface area contributed by atoms with E-state index >= 15 is 0 Å². The monoisotopic (exact) mass is 337 g/mol. The minimum Gasteiger partial charge on any atom is -0.345 e. The molecule has 0 radical (unpaired) electrons. The number of benzene rings is 1. The fourth-order valence-corrected chi connectivity index (χ4v) is 3.94. The zero-order valence-corrected chi connectivity index (χ0v) is 14.3. The molecular formula is C16H20ClN3OS. The first-order valence-electron chi connectivity index (χ1n) is 7.69. The standard InChI is InChI=1S/C16H20ClN3OS/c1-2-12-3-4-13-14(11-12)22-16(18-13)20-9-7-19(8-10-20)15(21)5-6-17/h3-4,11H,2,5-10H2,1H3. The van der Waals surface area contributed by atoms with E-state index in [0.29, 0.717) is 12.3 Å². The van der Waals surface area contributed by atoms with Gasteiger partial charge in [0.15, 0.2) is 5.13 Å². The number of amides is 1. The van der Waals surface area contributed by atoms with Crippen molar-refractivity contribution in [2.45, 2.75) is 19.8 Å². The summed E-state index contributed by atoms with van der Waals surface area (Å²) in [7, 11) is 0. The molecule has 3 rings (SSSR count). The van der Waals surface area contributed by atoms with Crippen LogP contribution in [0.5, 0.6) is 0 Å². The fraction of sp³-hybridized carbons (Fsp3) is 0.500. The van der Waals surface area contributed by atoms with Gasteiger partial charge >= 0.3 is 0 Å². The van der Waals surface area contributed by atoms with Crippen LogP contribution in [0.4, 0.5) is 5.13 Å². The van der Waals surface area contributed by atoms with Gasteiger partial charge in [-0.3, -0.25) is 4.79 Å². The molecule has 1 aliphatic heterocycles. The molecule has 4 nitrogen and oxygen atoms in total. The second kappa shape index (κ2) is 6.84. The molecular weight excluding hydrogens is 318 g/mol. The van der Waals surface area contributed by atoms with Gasteiger partial charge in [-0.1, -0.05) is 24.3 Å². The summed E-state index contributed by atoms with van der Waals surface area (Å²) in [5.74, 6) is 0.558. The average molecular weight is 338 g/mol. The molecule has 0 atom stereocenters. The van der Waals surface area contributed by atoms with E-state index in [1.54, 1.807) is 11.3 Å². The number of carbonyl (C=O) groups excluding carboxylic acids is 1. The van der Waals surface area contributed by atoms with Gasteiger partial charge in [-0.15, -0.1) is 11.6 Å². The minimum absolute atomic E-state index is 0.159. The summed E-state index contributed by atoms with van der Waals surface area (Å²) in [5, 5.41) is 1.06. The van der Waals surface area contributed by atoms with Crippen LogP contribution >= 0.6 is 22.9 Å². The van der Waals surface area contributed by atoms with Crippen molar-refractivity contribution in [3.05, 3.63) is 23.8 Å². The Balaban J connectivity index is 1.69. The maximum Gasteiger partial charge on any atom is 0.223 e. The normalized spacial score (nSPS) is 15.5. The van der Waals surface area contributed by atoms with Crippen LogP contribution in [0.2, 0.25) is 0 Å². The molecule has 2 aromatic rings. The Morgan fingerprint density at radius 3 is 2.77 bits per heavy atom. The van der Waals surface area contributed by atoms with Gasteiger partial charge in [-0.05, 0) is 24.1 Å². The van der Waals surface area contributed by atoms with Crippen LogP contribution in [0.3, 0.4) is 0 Å². The third-order valence-electron chi connectivity index (χ3n) is 4.06. The van der Waals surface area contributed by atoms with Crippen LogP contribution in [0.15, 0.2) is 18.2 Å². The van der Waals surface area contributed by atoms with E-state index in [1.165, 1.54) is 10.3 Å². The highest BCUT2D eigenvalue weighted by Crippen LogP contribution is 2.30. The van der Waals surface area contributed by atoms with Gasteiger partial charge in [0.25, 0.3) is 0 Å². The van der Waals surface area contributed by atoms with Crippen LogP contribution in [0.1, 0.15) is 18.9 Å². The average Bonchev–Trinajstić information content (AvgIpc) is 2.98. The van der Waals surface area contributed by atoms with Crippen LogP contribution in [-0.2, 0) is 11.2 Å². The van der Waals surface area contributed by atoms with Crippen molar-refractivity contribution in [2.24, 2.45) is 0 Å². The molecule has 1 aromatic carbocycles. The Morgan fingerprint density at radius 1 is 1.32 bits per heavy atom. The number of rotatable bonds is 4. The number of hydrogen-bond donors (Lipinski definition) is 0. The van der Waals surface area contributed by atoms with Gasteiger partial charge in [0.1, 0.15) is 0 Å². The first-order chi connectivity index (χ1) is 10.7. The molecule has 22 heavy (non-hydrogen) atoms. The maximum atomic E-state index is 11.9. The fourth-order valence-electron chi connectivity index (χ4n) is 2.70. The number of hydrogen-bond acceptors (Lipinski definition) is 4. The Kier molecular flexibility index (Phi) is 4.84. The number of thiazole rings is 1. The summed E-state index contributed by atoms with van der Waals surface area (Å²) in [6.07, 6.45) is 1.48. The third-order valence-corrected chi connectivity index (χ3v) is 5.33. The van der Waals surface area contributed by atoms with E-state index in [-0.39, 0.29) is 5.91 Å². The Bertz CT molecular complexity index is 664. The number of alkyl halides is 1. The molecule has 2 heterocycles. The summed E-state index contributed by atoms with van der Waals surface area (Å²) >= 11 is 7.39. The van der Waals surface area contributed by atoms with Gasteiger partial charge < -0.3 is 9.80 Å². The zero-order chi connectivity index (χ0) is 15.5. The summed E-state index contributed by atoms with van der Waals surface area (Å²) in [6, 6.07) is 6.49. The molecule has 6 heteroatoms. The van der Waals surface area contributed by atoms with Gasteiger partial charge in [0, 0.05) is 38.5 Å². The highest BCUT2D eigenvalue weighted by Gasteiger charge is 2.22. The first kappa shape index (κ1) is 15.6. The van der Waals surface area contributed by atoms with Crippen molar-refractivity contribution in [1.82, 2.24) is 9.88 Å². The predicted octanol–water partition coefficient (Wildman–Crippen LogP) is 3.14. The molecule has 1 fully saturated rings. The lowest BCUT2D eigenvalue weighted by Gasteiger charge is -2.34. The van der Waals surface area contributed by atoms with E-state index in [2.05, 4.69) is 30.0 Å². The zero-order valence-electron chi connectivity index (χ0n) is 12.7. The third kappa shape index (κ3) is 3.20. The number of anilines is 1. The molecule has 0 saturated carbocycles. The number of carbonyl (C=O) groups is 1. The molecule has 0 spiro atoms. The predicted molar refractivity (Wildman–Crippen MR) is 93.1 cm³/mol. The number of piperazine rings is 1. The van der Waals surface area contributed by atoms with Crippen LogP contribution < -0.4 is 4.90 Å². The summed E-state index contributed by atoms with van der Waals surface area (Å²) < 4.78 is 1.25. The summed E-state index contributed by atoms with van der Waals surface area (Å²) in [4.78, 5) is 20.8. The lowest BCUT2D eigenvalue weighted by Crippen LogP contribution is -2.48. The van der Waals surface area contributed by atoms with Gasteiger partial charge in [-0.25, -0.2) is 4.98 Å². The van der Waals surface area contributed by atoms with E-state index in [0.717, 1.165) is 43.2 Å². The number of aryl methyl sites for hydroxylation is 1. The molecule has 1 aromatic heterocycles. The molecule has 1 saturated heterocycles. The lowest BCUT2D eigenvalue weighted by atomic mass is 10.2. The van der Waals surface area contributed by atoms with E-state index in [4.69, 9.17) is 16.6 Å². The first-order valence-corrected chi connectivity index (χ1v) is 9.04. The van der Waals surface area contributed by atoms with Crippen LogP contribution in [0, 0.1) is 0 Å². The largest absolute Gasteiger partial charge is 0.345 e. The van der Waals surface area contributed by atoms with Crippen molar-refractivity contribution < 1.29 is 4.79 Å². The quantitative estimate of drug-likeness (QED) is 0.804. The topological polar surface area (TPSA) is 36.4 Å². The van der Waals surface area contributed by atoms with Crippen LogP contribution in [-0.4, -0.2) is 47.9 Å². The molecule has 118 valence electrons. The number of halogens is 1. The van der Waals surface area contributed by atoms with E-state index in [9.17, 15) is 4.79 Å². The Labute approximate surface area is 139 Å². The van der Waals surface area contributed by atoms with Crippen LogP contribution in [0.25, 0.3) is 10.2 Å². The second-order valence-corrected chi connectivity index (χ2v) is 6.85. The van der Waals surface area contributed by atoms with E-state index < -0.39 is 0 Å². The van der Waals surface area contributed by atoms with Gasteiger partial charge in [-0.2, -0.15) is 0 Å². The molecule has 1 aliphatic rings. The molecule has 0 bridgehead atoms. The van der Waals surface area contributed by atoms with Crippen molar-refractivity contribution in [3.63, 3.8) is 0 Å². The minimum atomic E-state index is 0.159. The SMILES string of the molecule is CCc1ccc2nc(N3CCN(C(=O)CCCl)CC3)sc2c1. The number of fused-ring (bicyclic) bond motifs is 1. The highest BCUT2D eigenvalue weighted by molar-refractivity contribution is 7.22. The highest BCUT2D eigenvalue weighted by atomic mass is 35.5. The smallest absolute Gasteiger partial charge is 0.223 e. The Morgan fingerprint density at radius 2 is 2.09 bits per heavy atom. The number of aromatic nitrogens is 1. The van der Waals surface area contributed by atoms with Crippen molar-refractivity contribution in [2.75, 3.05) is 37.0 Å². The second-order valence-electron chi connectivity index (χ2n) is 5.46. The Hall–Kier alpha value is -1.33. The van der Waals surface area contributed by atoms with Crippen molar-refractivity contribution in [3.8, 4) is 0 Å². The molecule has 1 amide bonds. The van der Waals surface area contributed by atoms with Gasteiger partial charge in [0.05, 0.1) is 10.2 Å². The van der Waals surface area contributed by atoms with Crippen molar-refractivity contribution >= 4 is 44.2 Å². The molecule has 0 aliphatic carbocycles. The van der Waals surface area contributed by atoms with Crippen molar-refractivity contribution in [1.29, 1.82) is 0 Å². The molecule has 0 N–H and O–H groups in total. The van der Waals surface area contributed by atoms with E-state index in [1.807, 2.05) is 4.90 Å². The van der Waals surface area contributed by atoms with Gasteiger partial charge in [0.2, 0.25) is 5.91 Å². The maximum absolute atomic E-state index is 11.9. The molecule has 0 unspecified atom stereocenters. The lowest BCUT2D eigenvalue weighted by molar-refractivity contribution is -0.131. The summed E-state index contributed by atoms with van der Waals surface area (Å²) in [5.41, 5.74) is 2.41.